The summed E-state index contributed by atoms with van der Waals surface area (Å²) in [6, 6.07) is 52.0. The molecule has 0 spiro atoms. The highest BCUT2D eigenvalue weighted by molar-refractivity contribution is 6.13. The number of halogens is 6. The summed E-state index contributed by atoms with van der Waals surface area (Å²) in [5.41, 5.74) is 4.07. The van der Waals surface area contributed by atoms with Crippen LogP contribution in [0.15, 0.2) is 164 Å². The first-order valence-electron chi connectivity index (χ1n) is 19.8. The molecule has 0 N–H and O–H groups in total. The molecule has 0 unspecified atom stereocenters. The second-order valence-electron chi connectivity index (χ2n) is 15.3. The maximum atomic E-state index is 14.9. The lowest BCUT2D eigenvalue weighted by atomic mass is 9.92. The number of hydrogen-bond acceptors (Lipinski definition) is 3. The highest BCUT2D eigenvalue weighted by Gasteiger charge is 2.39. The lowest BCUT2D eigenvalue weighted by Crippen LogP contribution is -2.13. The van der Waals surface area contributed by atoms with Crippen molar-refractivity contribution in [2.75, 3.05) is 0 Å². The maximum absolute atomic E-state index is 14.9. The summed E-state index contributed by atoms with van der Waals surface area (Å²) in [7, 11) is 0. The minimum Gasteiger partial charge on any atom is -0.307 e. The van der Waals surface area contributed by atoms with E-state index < -0.39 is 29.0 Å². The van der Waals surface area contributed by atoms with E-state index in [9.17, 15) is 42.1 Å². The van der Waals surface area contributed by atoms with E-state index in [1.54, 1.807) is 24.3 Å². The van der Waals surface area contributed by atoms with Crippen molar-refractivity contribution < 1.29 is 26.3 Å². The lowest BCUT2D eigenvalue weighted by molar-refractivity contribution is -0.142. The van der Waals surface area contributed by atoms with Crippen molar-refractivity contribution in [2.45, 2.75) is 12.4 Å². The molecule has 0 radical (unpaired) electrons. The van der Waals surface area contributed by atoms with Crippen molar-refractivity contribution in [3.05, 3.63) is 192 Å². The highest BCUT2D eigenvalue weighted by atomic mass is 19.4. The van der Waals surface area contributed by atoms with E-state index in [4.69, 9.17) is 0 Å². The molecule has 5 nitrogen and oxygen atoms in total. The molecular formula is C53H27F6N5. The summed E-state index contributed by atoms with van der Waals surface area (Å²) >= 11 is 0. The maximum Gasteiger partial charge on any atom is 0.417 e. The van der Waals surface area contributed by atoms with Gasteiger partial charge in [-0.2, -0.15) is 42.1 Å². The van der Waals surface area contributed by atoms with E-state index in [1.807, 2.05) is 118 Å². The average Bonchev–Trinajstić information content (AvgIpc) is 3.82. The van der Waals surface area contributed by atoms with E-state index in [0.29, 0.717) is 45.1 Å². The second kappa shape index (κ2) is 14.8. The Morgan fingerprint density at radius 1 is 0.375 bits per heavy atom. The molecule has 0 saturated heterocycles. The minimum atomic E-state index is -5.21. The molecule has 8 aromatic carbocycles. The number of benzene rings is 8. The van der Waals surface area contributed by atoms with Gasteiger partial charge in [0.2, 0.25) is 0 Å². The molecule has 0 aliphatic heterocycles. The van der Waals surface area contributed by atoms with Crippen LogP contribution >= 0.6 is 0 Å². The largest absolute Gasteiger partial charge is 0.417 e. The Morgan fingerprint density at radius 3 is 1.28 bits per heavy atom. The number of fused-ring (bicyclic) bond motifs is 6. The number of nitriles is 3. The van der Waals surface area contributed by atoms with Gasteiger partial charge in [-0.25, -0.2) is 0 Å². The van der Waals surface area contributed by atoms with Gasteiger partial charge in [0.25, 0.3) is 0 Å². The van der Waals surface area contributed by atoms with Crippen LogP contribution in [0.4, 0.5) is 26.3 Å². The van der Waals surface area contributed by atoms with Gasteiger partial charge < -0.3 is 9.13 Å². The third kappa shape index (κ3) is 6.48. The zero-order valence-electron chi connectivity index (χ0n) is 33.1. The topological polar surface area (TPSA) is 81.2 Å². The Bertz CT molecular complexity index is 3670. The molecule has 0 fully saturated rings. The predicted octanol–water partition coefficient (Wildman–Crippen LogP) is 14.5. The molecule has 2 aromatic heterocycles. The third-order valence-electron chi connectivity index (χ3n) is 11.7. The Hall–Kier alpha value is -8.59. The first kappa shape index (κ1) is 39.5. The molecule has 0 aliphatic carbocycles. The van der Waals surface area contributed by atoms with Crippen molar-refractivity contribution in [3.63, 3.8) is 0 Å². The van der Waals surface area contributed by atoms with Crippen molar-refractivity contribution in [1.82, 2.24) is 9.13 Å². The van der Waals surface area contributed by atoms with Gasteiger partial charge in [-0.1, -0.05) is 78.9 Å². The fourth-order valence-corrected chi connectivity index (χ4v) is 8.74. The second-order valence-corrected chi connectivity index (χ2v) is 15.3. The van der Waals surface area contributed by atoms with Crippen LogP contribution in [0.5, 0.6) is 0 Å². The lowest BCUT2D eigenvalue weighted by Gasteiger charge is -2.21. The SMILES string of the molecule is N#Cc1ccc(-c2ccc3c(c2)c2ccccc2n3-c2cc(C#N)c(-c3ccc(C(F)(F)F)cc3C(F)(F)F)cc2-n2c3ccccc3c3cc(-c4ccc(C#N)cc4)ccc32)cc1. The molecule has 0 atom stereocenters. The molecule has 64 heavy (non-hydrogen) atoms. The summed E-state index contributed by atoms with van der Waals surface area (Å²) in [4.78, 5) is 0. The summed E-state index contributed by atoms with van der Waals surface area (Å²) in [5, 5.41) is 32.9. The van der Waals surface area contributed by atoms with Crippen LogP contribution in [-0.4, -0.2) is 9.13 Å². The van der Waals surface area contributed by atoms with Gasteiger partial charge in [0, 0.05) is 27.1 Å². The molecule has 0 saturated carbocycles. The van der Waals surface area contributed by atoms with Crippen molar-refractivity contribution in [3.8, 4) is 63.0 Å². The fourth-order valence-electron chi connectivity index (χ4n) is 8.74. The molecule has 306 valence electrons. The summed E-state index contributed by atoms with van der Waals surface area (Å²) in [6.45, 7) is 0. The van der Waals surface area contributed by atoms with Crippen LogP contribution in [-0.2, 0) is 12.4 Å². The summed E-state index contributed by atoms with van der Waals surface area (Å²) in [5.74, 6) is 0. The van der Waals surface area contributed by atoms with Crippen LogP contribution in [0, 0.1) is 34.0 Å². The van der Waals surface area contributed by atoms with E-state index in [2.05, 4.69) is 18.2 Å². The number of alkyl halides is 6. The number of nitrogens with zero attached hydrogens (tertiary/aromatic N) is 5. The van der Waals surface area contributed by atoms with Gasteiger partial charge in [0.15, 0.2) is 0 Å². The number of rotatable bonds is 5. The first-order valence-corrected chi connectivity index (χ1v) is 19.8. The van der Waals surface area contributed by atoms with Crippen molar-refractivity contribution >= 4 is 43.6 Å². The fraction of sp³-hybridized carbons (Fsp3) is 0.0377. The van der Waals surface area contributed by atoms with E-state index >= 15 is 0 Å². The average molecular weight is 848 g/mol. The van der Waals surface area contributed by atoms with Gasteiger partial charge in [0.1, 0.15) is 0 Å². The van der Waals surface area contributed by atoms with Crippen LogP contribution < -0.4 is 0 Å². The molecule has 2 heterocycles. The molecule has 0 aliphatic rings. The van der Waals surface area contributed by atoms with Crippen molar-refractivity contribution in [1.29, 1.82) is 15.8 Å². The van der Waals surface area contributed by atoms with E-state index in [0.717, 1.165) is 55.4 Å². The monoisotopic (exact) mass is 847 g/mol. The first-order chi connectivity index (χ1) is 30.9. The van der Waals surface area contributed by atoms with Gasteiger partial charge in [-0.15, -0.1) is 0 Å². The van der Waals surface area contributed by atoms with E-state index in [-0.39, 0.29) is 17.2 Å². The minimum absolute atomic E-state index is 0.0909. The smallest absolute Gasteiger partial charge is 0.307 e. The van der Waals surface area contributed by atoms with Crippen molar-refractivity contribution in [2.24, 2.45) is 0 Å². The molecule has 0 bridgehead atoms. The normalized spacial score (nSPS) is 11.9. The summed E-state index contributed by atoms with van der Waals surface area (Å²) in [6.07, 6.45) is -10.3. The molecule has 10 rings (SSSR count). The quantitative estimate of drug-likeness (QED) is 0.162. The Labute approximate surface area is 360 Å². The number of para-hydroxylation sites is 2. The Morgan fingerprint density at radius 2 is 0.828 bits per heavy atom. The Kier molecular flexibility index (Phi) is 9.14. The van der Waals surface area contributed by atoms with Crippen LogP contribution in [0.25, 0.3) is 88.4 Å². The van der Waals surface area contributed by atoms with Crippen LogP contribution in [0.3, 0.4) is 0 Å². The summed E-state index contributed by atoms with van der Waals surface area (Å²) < 4.78 is 90.3. The van der Waals surface area contributed by atoms with Gasteiger partial charge in [0.05, 0.1) is 79.5 Å². The molecule has 0 amide bonds. The van der Waals surface area contributed by atoms with Gasteiger partial charge >= 0.3 is 12.4 Å². The number of hydrogen-bond donors (Lipinski definition) is 0. The van der Waals surface area contributed by atoms with Gasteiger partial charge in [-0.05, 0) is 113 Å². The molecule has 10 aromatic rings. The Balaban J connectivity index is 1.31. The zero-order chi connectivity index (χ0) is 44.5. The van der Waals surface area contributed by atoms with Gasteiger partial charge in [-0.3, -0.25) is 0 Å². The molecular weight excluding hydrogens is 821 g/mol. The predicted molar refractivity (Wildman–Crippen MR) is 236 cm³/mol. The zero-order valence-corrected chi connectivity index (χ0v) is 33.1. The van der Waals surface area contributed by atoms with Crippen LogP contribution in [0.2, 0.25) is 0 Å². The van der Waals surface area contributed by atoms with E-state index in [1.165, 1.54) is 12.1 Å². The third-order valence-corrected chi connectivity index (χ3v) is 11.7. The standard InChI is InChI=1S/C53H27F6N5/c54-52(55,56)38-19-20-39(45(26-38)53(57,58)59)42-27-51(64-47-8-4-2-6-41(47)44-24-36(18-22-49(44)64)34-15-11-32(29-61)12-16-34)50(25-37(42)30-62)63-46-7-3-1-5-40(46)43-23-35(17-21-48(43)63)33-13-9-31(28-60)10-14-33/h1-27H. The molecule has 11 heteroatoms. The highest BCUT2D eigenvalue weighted by Crippen LogP contribution is 2.46. The number of aromatic nitrogens is 2. The van der Waals surface area contributed by atoms with Crippen LogP contribution in [0.1, 0.15) is 27.8 Å².